The molecule has 0 amide bonds. The third-order valence-electron chi connectivity index (χ3n) is 11.3. The fourth-order valence-electron chi connectivity index (χ4n) is 8.14. The molecule has 4 nitrogen and oxygen atoms in total. The molecule has 2 heterocycles. The predicted octanol–water partition coefficient (Wildman–Crippen LogP) is 14.7. The average molecular weight is 981 g/mol. The van der Waals surface area contributed by atoms with Crippen LogP contribution in [0.2, 0.25) is 0 Å². The van der Waals surface area contributed by atoms with Crippen LogP contribution >= 0.6 is 0 Å². The Kier molecular flexibility index (Phi) is 11.0. The maximum absolute atomic E-state index is 11.4. The van der Waals surface area contributed by atoms with E-state index in [0.29, 0.717) is 11.4 Å². The molecule has 5 heteroatoms. The standard InChI is InChI=1S/C57H42N3O.Pt/c1-38(2)45-31-47(41-19-10-5-11-20-41)36-50(35-45)60-54-23-14-22-51(56(54)59-57(60)52-21-12-13-24-55(52)61)48-32-46(40-17-8-4-9-18-40)33-49(34-48)53-37-44(29-30-58-53)43-27-25-42(26-28-43)39-15-6-3-7-16-39;/h3-33,35-38,61H,1-2H3;/q-1;/i38D;. The molecule has 0 aliphatic heterocycles. The molecule has 62 heavy (non-hydrogen) atoms. The molecule has 2 aromatic heterocycles. The van der Waals surface area contributed by atoms with Crippen molar-refractivity contribution in [2.45, 2.75) is 19.7 Å². The van der Waals surface area contributed by atoms with Crippen LogP contribution in [-0.4, -0.2) is 19.6 Å². The van der Waals surface area contributed by atoms with E-state index in [2.05, 4.69) is 156 Å². The van der Waals surface area contributed by atoms with Crippen LogP contribution < -0.4 is 0 Å². The van der Waals surface area contributed by atoms with Gasteiger partial charge in [0.2, 0.25) is 0 Å². The quantitative estimate of drug-likeness (QED) is 0.147. The number of nitrogens with zero attached hydrogens (tertiary/aromatic N) is 3. The summed E-state index contributed by atoms with van der Waals surface area (Å²) >= 11 is 0. The first kappa shape index (κ1) is 39.0. The minimum Gasteiger partial charge on any atom is -0.507 e. The van der Waals surface area contributed by atoms with Gasteiger partial charge in [-0.05, 0) is 86.8 Å². The zero-order valence-electron chi connectivity index (χ0n) is 35.2. The van der Waals surface area contributed by atoms with E-state index in [4.69, 9.17) is 11.3 Å². The van der Waals surface area contributed by atoms with Gasteiger partial charge >= 0.3 is 0 Å². The zero-order valence-corrected chi connectivity index (χ0v) is 36.5. The van der Waals surface area contributed by atoms with Crippen molar-refractivity contribution in [1.29, 1.82) is 0 Å². The average Bonchev–Trinajstić information content (AvgIpc) is 3.72. The molecule has 0 aliphatic carbocycles. The van der Waals surface area contributed by atoms with Gasteiger partial charge in [0.05, 0.1) is 16.6 Å². The smallest absolute Gasteiger partial charge is 0.148 e. The van der Waals surface area contributed by atoms with Crippen LogP contribution in [0.1, 0.15) is 26.7 Å². The van der Waals surface area contributed by atoms with Crippen molar-refractivity contribution in [1.82, 2.24) is 14.5 Å². The van der Waals surface area contributed by atoms with Gasteiger partial charge in [-0.25, -0.2) is 4.98 Å². The van der Waals surface area contributed by atoms with Crippen LogP contribution in [0.4, 0.5) is 0 Å². The summed E-state index contributed by atoms with van der Waals surface area (Å²) in [5.74, 6) is -0.154. The Hall–Kier alpha value is -7.13. The fourth-order valence-corrected chi connectivity index (χ4v) is 8.14. The normalized spacial score (nSPS) is 11.5. The van der Waals surface area contributed by atoms with Crippen LogP contribution in [0.3, 0.4) is 0 Å². The largest absolute Gasteiger partial charge is 0.507 e. The Bertz CT molecular complexity index is 3210. The number of pyridine rings is 1. The Morgan fingerprint density at radius 2 is 1.06 bits per heavy atom. The second-order valence-electron chi connectivity index (χ2n) is 15.5. The Labute approximate surface area is 378 Å². The molecule has 0 spiro atoms. The van der Waals surface area contributed by atoms with Crippen molar-refractivity contribution in [3.8, 4) is 89.7 Å². The Morgan fingerprint density at radius 3 is 1.71 bits per heavy atom. The molecule has 0 saturated carbocycles. The van der Waals surface area contributed by atoms with E-state index in [9.17, 15) is 5.11 Å². The number of hydrogen-bond donors (Lipinski definition) is 1. The van der Waals surface area contributed by atoms with E-state index < -0.39 is 5.89 Å². The molecule has 0 fully saturated rings. The molecule has 0 unspecified atom stereocenters. The van der Waals surface area contributed by atoms with Crippen molar-refractivity contribution < 1.29 is 27.5 Å². The summed E-state index contributed by atoms with van der Waals surface area (Å²) in [7, 11) is 0. The van der Waals surface area contributed by atoms with Crippen LogP contribution in [0.5, 0.6) is 5.75 Å². The maximum Gasteiger partial charge on any atom is 0.148 e. The van der Waals surface area contributed by atoms with Gasteiger partial charge in [0, 0.05) is 40.0 Å². The van der Waals surface area contributed by atoms with Crippen molar-refractivity contribution >= 4 is 11.0 Å². The molecule has 0 atom stereocenters. The molecular formula is C57H42N3OPt-. The predicted molar refractivity (Wildman–Crippen MR) is 252 cm³/mol. The van der Waals surface area contributed by atoms with Crippen molar-refractivity contribution in [2.24, 2.45) is 0 Å². The molecule has 0 aliphatic rings. The molecule has 0 radical (unpaired) electrons. The van der Waals surface area contributed by atoms with E-state index in [1.54, 1.807) is 6.07 Å². The minimum atomic E-state index is -0.879. The SMILES string of the molecule is [2H]C(C)(C)c1cc(-c2ccccc2)cc(-n2c(-c3ccccc3O)nc3c(-c4[c-]c(-c5cc(-c6ccc(-c7ccccc7)cc6)ccn5)cc(-c5ccccc5)c4)cccc32)c1.[Pt]. The third-order valence-corrected chi connectivity index (χ3v) is 11.3. The molecular weight excluding hydrogens is 938 g/mol. The van der Waals surface area contributed by atoms with Crippen molar-refractivity contribution in [3.05, 3.63) is 218 Å². The van der Waals surface area contributed by atoms with Crippen LogP contribution in [-0.2, 0) is 21.1 Å². The van der Waals surface area contributed by atoms with Gasteiger partial charge in [-0.15, -0.1) is 23.8 Å². The van der Waals surface area contributed by atoms with Gasteiger partial charge in [0.25, 0.3) is 0 Å². The maximum atomic E-state index is 11.4. The molecule has 1 N–H and O–H groups in total. The van der Waals surface area contributed by atoms with E-state index >= 15 is 0 Å². The Balaban J connectivity index is 0.00000504. The number of hydrogen-bond acceptors (Lipinski definition) is 3. The fraction of sp³-hybridized carbons (Fsp3) is 0.0526. The van der Waals surface area contributed by atoms with E-state index in [1.807, 2.05) is 68.6 Å². The zero-order chi connectivity index (χ0) is 42.2. The van der Waals surface area contributed by atoms with Gasteiger partial charge in [0.15, 0.2) is 0 Å². The number of fused-ring (bicyclic) bond motifs is 1. The van der Waals surface area contributed by atoms with Gasteiger partial charge in [-0.3, -0.25) is 9.55 Å². The number of phenolic OH excluding ortho intramolecular Hbond substituents is 1. The third kappa shape index (κ3) is 7.94. The second kappa shape index (κ2) is 17.5. The molecule has 10 aromatic rings. The molecule has 0 saturated heterocycles. The van der Waals surface area contributed by atoms with Gasteiger partial charge < -0.3 is 5.11 Å². The topological polar surface area (TPSA) is 50.9 Å². The first-order valence-electron chi connectivity index (χ1n) is 21.0. The van der Waals surface area contributed by atoms with E-state index in [-0.39, 0.29) is 26.8 Å². The summed E-state index contributed by atoms with van der Waals surface area (Å²) in [6, 6.07) is 71.9. The van der Waals surface area contributed by atoms with Crippen molar-refractivity contribution in [3.63, 3.8) is 0 Å². The van der Waals surface area contributed by atoms with Crippen molar-refractivity contribution in [2.75, 3.05) is 0 Å². The first-order valence-corrected chi connectivity index (χ1v) is 20.5. The van der Waals surface area contributed by atoms with Gasteiger partial charge in [-0.2, -0.15) is 0 Å². The number of aromatic nitrogens is 3. The summed E-state index contributed by atoms with van der Waals surface area (Å²) in [5, 5.41) is 11.4. The minimum absolute atomic E-state index is 0. The molecule has 0 bridgehead atoms. The number of aromatic hydroxyl groups is 1. The summed E-state index contributed by atoms with van der Waals surface area (Å²) < 4.78 is 11.2. The number of para-hydroxylation sites is 2. The number of phenols is 1. The van der Waals surface area contributed by atoms with Gasteiger partial charge in [-0.1, -0.05) is 182 Å². The molecule has 302 valence electrons. The van der Waals surface area contributed by atoms with Gasteiger partial charge in [0.1, 0.15) is 11.6 Å². The van der Waals surface area contributed by atoms with Crippen LogP contribution in [0.15, 0.2) is 206 Å². The second-order valence-corrected chi connectivity index (χ2v) is 15.5. The first-order chi connectivity index (χ1) is 30.3. The van der Waals surface area contributed by atoms with E-state index in [0.717, 1.165) is 78.0 Å². The van der Waals surface area contributed by atoms with Crippen LogP contribution in [0, 0.1) is 6.07 Å². The molecule has 8 aromatic carbocycles. The molecule has 10 rings (SSSR count). The number of rotatable bonds is 9. The summed E-state index contributed by atoms with van der Waals surface area (Å²) in [4.78, 5) is 10.3. The van der Waals surface area contributed by atoms with E-state index in [1.165, 1.54) is 11.1 Å². The summed E-state index contributed by atoms with van der Waals surface area (Å²) in [6.45, 7) is 3.82. The van der Waals surface area contributed by atoms with Crippen LogP contribution in [0.25, 0.3) is 95.0 Å². The number of benzene rings is 8. The number of imidazole rings is 1. The monoisotopic (exact) mass is 980 g/mol. The summed E-state index contributed by atoms with van der Waals surface area (Å²) in [5.41, 5.74) is 16.0. The summed E-state index contributed by atoms with van der Waals surface area (Å²) in [6.07, 6.45) is 1.87. The Morgan fingerprint density at radius 1 is 0.516 bits per heavy atom.